The van der Waals surface area contributed by atoms with Crippen molar-refractivity contribution >= 4 is 18.5 Å². The molecule has 0 N–H and O–H groups in total. The van der Waals surface area contributed by atoms with E-state index in [9.17, 15) is 0 Å². The van der Waals surface area contributed by atoms with E-state index >= 15 is 0 Å². The zero-order chi connectivity index (χ0) is 29.9. The van der Waals surface area contributed by atoms with Gasteiger partial charge in [-0.05, 0) is 88.2 Å². The lowest BCUT2D eigenvalue weighted by molar-refractivity contribution is 0.182. The molecule has 0 saturated heterocycles. The molecule has 4 aromatic rings. The van der Waals surface area contributed by atoms with Crippen LogP contribution in [0, 0.1) is 13.8 Å². The molecule has 0 saturated carbocycles. The maximum Gasteiger partial charge on any atom is 0.0354 e. The summed E-state index contributed by atoms with van der Waals surface area (Å²) in [6, 6.07) is 42.2. The standard InChI is InChI=1S/C39H51N2P/c1-7-40(8-2)38(33-25-21-31(5)22-26-33)29-37(30-39(41(9-3)10-4)34-27-23-32(6)24-28-34)42(35-17-13-11-14-18-35)36-19-15-12-16-20-36/h11-28,37-39H,7-10,29-30H2,1-6H3. The summed E-state index contributed by atoms with van der Waals surface area (Å²) in [5, 5.41) is 2.96. The molecule has 0 aromatic heterocycles. The third-order valence-corrected chi connectivity index (χ3v) is 11.7. The minimum absolute atomic E-state index is 0.374. The van der Waals surface area contributed by atoms with Crippen LogP contribution >= 0.6 is 7.92 Å². The van der Waals surface area contributed by atoms with Crippen LogP contribution in [0.4, 0.5) is 0 Å². The van der Waals surface area contributed by atoms with E-state index in [1.165, 1.54) is 32.9 Å². The third-order valence-electron chi connectivity index (χ3n) is 8.86. The second kappa shape index (κ2) is 16.2. The number of nitrogens with zero attached hydrogens (tertiary/aromatic N) is 2. The number of aryl methyl sites for hydroxylation is 2. The van der Waals surface area contributed by atoms with Crippen LogP contribution in [0.15, 0.2) is 109 Å². The van der Waals surface area contributed by atoms with E-state index in [4.69, 9.17) is 0 Å². The minimum atomic E-state index is -0.595. The van der Waals surface area contributed by atoms with Gasteiger partial charge in [-0.1, -0.05) is 148 Å². The molecule has 222 valence electrons. The summed E-state index contributed by atoms with van der Waals surface area (Å²) in [5.74, 6) is 0. The Balaban J connectivity index is 1.88. The van der Waals surface area contributed by atoms with E-state index in [0.717, 1.165) is 39.0 Å². The summed E-state index contributed by atoms with van der Waals surface area (Å²) in [7, 11) is -0.595. The number of benzene rings is 4. The van der Waals surface area contributed by atoms with Gasteiger partial charge in [0.25, 0.3) is 0 Å². The smallest absolute Gasteiger partial charge is 0.0354 e. The molecule has 0 radical (unpaired) electrons. The summed E-state index contributed by atoms with van der Waals surface area (Å²) in [6.45, 7) is 17.9. The van der Waals surface area contributed by atoms with Crippen molar-refractivity contribution in [3.63, 3.8) is 0 Å². The van der Waals surface area contributed by atoms with Gasteiger partial charge in [0.05, 0.1) is 0 Å². The van der Waals surface area contributed by atoms with Gasteiger partial charge in [0.1, 0.15) is 0 Å². The summed E-state index contributed by atoms with van der Waals surface area (Å²) in [6.07, 6.45) is 2.26. The zero-order valence-electron chi connectivity index (χ0n) is 26.7. The maximum absolute atomic E-state index is 2.68. The molecule has 0 spiro atoms. The van der Waals surface area contributed by atoms with E-state index in [0.29, 0.717) is 17.7 Å². The summed E-state index contributed by atoms with van der Waals surface area (Å²) < 4.78 is 0. The van der Waals surface area contributed by atoms with Crippen LogP contribution < -0.4 is 10.6 Å². The lowest BCUT2D eigenvalue weighted by atomic mass is 9.93. The van der Waals surface area contributed by atoms with Crippen LogP contribution in [0.5, 0.6) is 0 Å². The Morgan fingerprint density at radius 1 is 0.476 bits per heavy atom. The topological polar surface area (TPSA) is 6.48 Å². The highest BCUT2D eigenvalue weighted by molar-refractivity contribution is 7.73. The van der Waals surface area contributed by atoms with Crippen molar-refractivity contribution in [1.82, 2.24) is 9.80 Å². The van der Waals surface area contributed by atoms with E-state index in [1.807, 2.05) is 0 Å². The van der Waals surface area contributed by atoms with Crippen molar-refractivity contribution in [3.05, 3.63) is 131 Å². The molecule has 0 aliphatic rings. The molecule has 0 fully saturated rings. The molecule has 42 heavy (non-hydrogen) atoms. The van der Waals surface area contributed by atoms with Crippen molar-refractivity contribution in [2.45, 2.75) is 72.1 Å². The van der Waals surface area contributed by atoms with Crippen molar-refractivity contribution in [1.29, 1.82) is 0 Å². The molecular weight excluding hydrogens is 527 g/mol. The predicted octanol–water partition coefficient (Wildman–Crippen LogP) is 9.05. The number of hydrogen-bond acceptors (Lipinski definition) is 2. The normalized spacial score (nSPS) is 13.9. The third kappa shape index (κ3) is 8.19. The Hall–Kier alpha value is -2.77. The second-order valence-electron chi connectivity index (χ2n) is 11.5. The van der Waals surface area contributed by atoms with Gasteiger partial charge in [0, 0.05) is 12.1 Å². The van der Waals surface area contributed by atoms with Gasteiger partial charge in [-0.15, -0.1) is 0 Å². The lowest BCUT2D eigenvalue weighted by Gasteiger charge is -2.40. The molecule has 0 bridgehead atoms. The molecule has 4 aromatic carbocycles. The summed E-state index contributed by atoms with van der Waals surface area (Å²) >= 11 is 0. The van der Waals surface area contributed by atoms with Crippen molar-refractivity contribution < 1.29 is 0 Å². The fourth-order valence-electron chi connectivity index (χ4n) is 6.47. The van der Waals surface area contributed by atoms with Crippen LogP contribution in [-0.4, -0.2) is 41.6 Å². The molecule has 2 nitrogen and oxygen atoms in total. The van der Waals surface area contributed by atoms with Gasteiger partial charge < -0.3 is 0 Å². The van der Waals surface area contributed by atoms with E-state index in [-0.39, 0.29) is 0 Å². The molecule has 4 rings (SSSR count). The Labute approximate surface area is 257 Å². The number of hydrogen-bond donors (Lipinski definition) is 0. The van der Waals surface area contributed by atoms with E-state index in [1.54, 1.807) is 0 Å². The molecule has 0 aliphatic carbocycles. The average Bonchev–Trinajstić information content (AvgIpc) is 3.03. The first kappa shape index (κ1) is 32.2. The van der Waals surface area contributed by atoms with Gasteiger partial charge in [-0.2, -0.15) is 0 Å². The highest BCUT2D eigenvalue weighted by Crippen LogP contribution is 2.49. The predicted molar refractivity (Wildman–Crippen MR) is 186 cm³/mol. The molecule has 2 atom stereocenters. The van der Waals surface area contributed by atoms with Crippen molar-refractivity contribution in [3.8, 4) is 0 Å². The van der Waals surface area contributed by atoms with Crippen LogP contribution in [-0.2, 0) is 0 Å². The summed E-state index contributed by atoms with van der Waals surface area (Å²) in [5.41, 5.74) is 6.03. The van der Waals surface area contributed by atoms with E-state index in [2.05, 4.69) is 161 Å². The van der Waals surface area contributed by atoms with Crippen LogP contribution in [0.1, 0.15) is 74.9 Å². The Morgan fingerprint density at radius 2 is 0.810 bits per heavy atom. The number of rotatable bonds is 15. The fraction of sp³-hybridized carbons (Fsp3) is 0.385. The SMILES string of the molecule is CCN(CC)C(CC(CC(c1ccc(C)cc1)N(CC)CC)P(c1ccccc1)c1ccccc1)c1ccc(C)cc1. The first-order valence-corrected chi connectivity index (χ1v) is 17.4. The minimum Gasteiger partial charge on any atom is -0.297 e. The molecule has 3 heteroatoms. The molecular formula is C39H51N2P. The molecule has 0 aliphatic heterocycles. The molecule has 2 unspecified atom stereocenters. The van der Waals surface area contributed by atoms with Gasteiger partial charge in [0.15, 0.2) is 0 Å². The zero-order valence-corrected chi connectivity index (χ0v) is 27.6. The van der Waals surface area contributed by atoms with Crippen molar-refractivity contribution in [2.24, 2.45) is 0 Å². The lowest BCUT2D eigenvalue weighted by Crippen LogP contribution is -2.36. The van der Waals surface area contributed by atoms with E-state index < -0.39 is 7.92 Å². The summed E-state index contributed by atoms with van der Waals surface area (Å²) in [4.78, 5) is 5.36. The maximum atomic E-state index is 2.68. The van der Waals surface area contributed by atoms with Crippen LogP contribution in [0.25, 0.3) is 0 Å². The Kier molecular flexibility index (Phi) is 12.4. The molecule has 0 heterocycles. The van der Waals surface area contributed by atoms with Crippen LogP contribution in [0.3, 0.4) is 0 Å². The monoisotopic (exact) mass is 578 g/mol. The second-order valence-corrected chi connectivity index (χ2v) is 14.0. The molecule has 0 amide bonds. The first-order valence-electron chi connectivity index (χ1n) is 16.0. The fourth-order valence-corrected chi connectivity index (χ4v) is 9.42. The Morgan fingerprint density at radius 3 is 1.12 bits per heavy atom. The van der Waals surface area contributed by atoms with Crippen LogP contribution in [0.2, 0.25) is 0 Å². The van der Waals surface area contributed by atoms with Gasteiger partial charge >= 0.3 is 0 Å². The quantitative estimate of drug-likeness (QED) is 0.130. The van der Waals surface area contributed by atoms with Gasteiger partial charge in [-0.3, -0.25) is 9.80 Å². The van der Waals surface area contributed by atoms with Gasteiger partial charge in [0.2, 0.25) is 0 Å². The highest BCUT2D eigenvalue weighted by atomic mass is 31.1. The van der Waals surface area contributed by atoms with Gasteiger partial charge in [-0.25, -0.2) is 0 Å². The van der Waals surface area contributed by atoms with Crippen molar-refractivity contribution in [2.75, 3.05) is 26.2 Å². The first-order chi connectivity index (χ1) is 20.5. The largest absolute Gasteiger partial charge is 0.297 e. The Bertz CT molecular complexity index is 1190. The highest BCUT2D eigenvalue weighted by Gasteiger charge is 2.33. The average molecular weight is 579 g/mol.